The summed E-state index contributed by atoms with van der Waals surface area (Å²) in [7, 11) is 4.57. The zero-order chi connectivity index (χ0) is 25.9. The molecule has 0 spiro atoms. The fourth-order valence-corrected chi connectivity index (χ4v) is 4.15. The van der Waals surface area contributed by atoms with Crippen molar-refractivity contribution in [2.24, 2.45) is 0 Å². The number of halogens is 1. The molecule has 36 heavy (non-hydrogen) atoms. The quantitative estimate of drug-likeness (QED) is 0.381. The van der Waals surface area contributed by atoms with Crippen LogP contribution in [0.2, 0.25) is 0 Å². The lowest BCUT2D eigenvalue weighted by molar-refractivity contribution is -0.133. The van der Waals surface area contributed by atoms with E-state index in [2.05, 4.69) is 5.32 Å². The molecule has 3 amide bonds. The van der Waals surface area contributed by atoms with E-state index in [4.69, 9.17) is 14.2 Å². The number of urea groups is 1. The van der Waals surface area contributed by atoms with E-state index in [1.807, 2.05) is 17.5 Å². The summed E-state index contributed by atoms with van der Waals surface area (Å²) in [5.74, 6) is 0.449. The zero-order valence-corrected chi connectivity index (χ0v) is 21.3. The molecule has 3 rings (SSSR count). The maximum absolute atomic E-state index is 13.4. The van der Waals surface area contributed by atoms with Gasteiger partial charge in [-0.2, -0.15) is 0 Å². The predicted octanol–water partition coefficient (Wildman–Crippen LogP) is 4.61. The highest BCUT2D eigenvalue weighted by atomic mass is 32.1. The van der Waals surface area contributed by atoms with E-state index in [0.717, 1.165) is 10.4 Å². The molecule has 0 aliphatic heterocycles. The molecule has 0 aliphatic carbocycles. The van der Waals surface area contributed by atoms with Gasteiger partial charge in [-0.3, -0.25) is 4.79 Å². The van der Waals surface area contributed by atoms with Crippen LogP contribution in [0.15, 0.2) is 60.0 Å². The Kier molecular flexibility index (Phi) is 10.1. The molecule has 8 nitrogen and oxygen atoms in total. The van der Waals surface area contributed by atoms with Gasteiger partial charge in [0.2, 0.25) is 5.91 Å². The Bertz CT molecular complexity index is 1100. The number of carbonyl (C=O) groups excluding carboxylic acids is 2. The van der Waals surface area contributed by atoms with E-state index in [-0.39, 0.29) is 38.0 Å². The van der Waals surface area contributed by atoms with Gasteiger partial charge in [0.15, 0.2) is 0 Å². The molecule has 1 N–H and O–H groups in total. The molecule has 0 radical (unpaired) electrons. The Morgan fingerprint density at radius 1 is 0.944 bits per heavy atom. The molecule has 0 aliphatic rings. The van der Waals surface area contributed by atoms with Gasteiger partial charge in [0.05, 0.1) is 27.4 Å². The lowest BCUT2D eigenvalue weighted by Gasteiger charge is -2.28. The van der Waals surface area contributed by atoms with Crippen molar-refractivity contribution in [1.82, 2.24) is 9.80 Å². The summed E-state index contributed by atoms with van der Waals surface area (Å²) in [6.45, 7) is 0.955. The number of nitrogens with zero attached hydrogens (tertiary/aromatic N) is 2. The minimum absolute atomic E-state index is 0.164. The smallest absolute Gasteiger partial charge is 0.322 e. The lowest BCUT2D eigenvalue weighted by atomic mass is 10.2. The third-order valence-corrected chi connectivity index (χ3v) is 6.21. The normalized spacial score (nSPS) is 10.6. The summed E-state index contributed by atoms with van der Waals surface area (Å²) >= 11 is 1.54. The van der Waals surface area contributed by atoms with E-state index in [1.165, 1.54) is 49.7 Å². The first kappa shape index (κ1) is 27.0. The highest BCUT2D eigenvalue weighted by molar-refractivity contribution is 7.09. The van der Waals surface area contributed by atoms with Crippen molar-refractivity contribution in [3.05, 3.63) is 76.2 Å². The van der Waals surface area contributed by atoms with E-state index in [0.29, 0.717) is 23.7 Å². The highest BCUT2D eigenvalue weighted by Gasteiger charge is 2.22. The average Bonchev–Trinajstić information content (AvgIpc) is 3.40. The fraction of sp³-hybridized carbons (Fsp3) is 0.308. The van der Waals surface area contributed by atoms with Gasteiger partial charge in [0.1, 0.15) is 23.9 Å². The Morgan fingerprint density at radius 3 is 2.22 bits per heavy atom. The molecule has 0 saturated heterocycles. The first-order valence-electron chi connectivity index (χ1n) is 11.2. The van der Waals surface area contributed by atoms with Crippen LogP contribution in [0, 0.1) is 5.82 Å². The second kappa shape index (κ2) is 13.5. The van der Waals surface area contributed by atoms with Crippen molar-refractivity contribution in [3.8, 4) is 11.5 Å². The van der Waals surface area contributed by atoms with Crippen LogP contribution < -0.4 is 14.8 Å². The van der Waals surface area contributed by atoms with Crippen molar-refractivity contribution < 1.29 is 28.2 Å². The summed E-state index contributed by atoms with van der Waals surface area (Å²) in [4.78, 5) is 30.6. The first-order chi connectivity index (χ1) is 17.4. The third kappa shape index (κ3) is 7.96. The number of anilines is 1. The van der Waals surface area contributed by atoms with Gasteiger partial charge >= 0.3 is 6.03 Å². The van der Waals surface area contributed by atoms with Crippen molar-refractivity contribution in [3.63, 3.8) is 0 Å². The number of rotatable bonds is 12. The number of benzene rings is 2. The molecular formula is C26H30FN3O5S. The summed E-state index contributed by atoms with van der Waals surface area (Å²) in [5, 5.41) is 4.75. The number of hydrogen-bond donors (Lipinski definition) is 1. The maximum Gasteiger partial charge on any atom is 0.322 e. The Morgan fingerprint density at radius 2 is 1.64 bits per heavy atom. The summed E-state index contributed by atoms with van der Waals surface area (Å²) < 4.78 is 29.1. The van der Waals surface area contributed by atoms with Gasteiger partial charge in [-0.1, -0.05) is 18.2 Å². The number of carbonyl (C=O) groups is 2. The first-order valence-corrected chi connectivity index (χ1v) is 12.1. The van der Waals surface area contributed by atoms with Crippen molar-refractivity contribution in [2.75, 3.05) is 46.3 Å². The molecule has 192 valence electrons. The monoisotopic (exact) mass is 515 g/mol. The van der Waals surface area contributed by atoms with Gasteiger partial charge in [-0.25, -0.2) is 9.18 Å². The molecule has 10 heteroatoms. The van der Waals surface area contributed by atoms with Gasteiger partial charge < -0.3 is 29.3 Å². The van der Waals surface area contributed by atoms with Crippen LogP contribution in [0.25, 0.3) is 0 Å². The number of ether oxygens (including phenoxy) is 3. The zero-order valence-electron chi connectivity index (χ0n) is 20.5. The molecular weight excluding hydrogens is 485 g/mol. The average molecular weight is 516 g/mol. The molecule has 0 unspecified atom stereocenters. The molecule has 3 aromatic rings. The van der Waals surface area contributed by atoms with Gasteiger partial charge in [-0.15, -0.1) is 11.3 Å². The van der Waals surface area contributed by atoms with Crippen LogP contribution in [0.3, 0.4) is 0 Å². The second-order valence-corrected chi connectivity index (χ2v) is 8.93. The number of amides is 3. The van der Waals surface area contributed by atoms with Crippen molar-refractivity contribution in [2.45, 2.75) is 13.1 Å². The SMILES string of the molecule is COCCN(CC(=O)N(Cc1ccc(F)cc1)Cc1cccs1)C(=O)Nc1cc(OC)cc(OC)c1. The third-order valence-electron chi connectivity index (χ3n) is 5.35. The highest BCUT2D eigenvalue weighted by Crippen LogP contribution is 2.26. The van der Waals surface area contributed by atoms with Crippen molar-refractivity contribution in [1.29, 1.82) is 0 Å². The topological polar surface area (TPSA) is 80.3 Å². The summed E-state index contributed by atoms with van der Waals surface area (Å²) in [6.07, 6.45) is 0. The lowest BCUT2D eigenvalue weighted by Crippen LogP contribution is -2.45. The standard InChI is InChI=1S/C26H30FN3O5S/c1-33-11-10-29(26(32)28-21-13-22(34-2)15-23(14-21)35-3)18-25(31)30(17-24-5-4-12-36-24)16-19-6-8-20(27)9-7-19/h4-9,12-15H,10-11,16-18H2,1-3H3,(H,28,32). The maximum atomic E-state index is 13.4. The fourth-order valence-electron chi connectivity index (χ4n) is 3.43. The van der Waals surface area contributed by atoms with Crippen molar-refractivity contribution >= 4 is 29.0 Å². The van der Waals surface area contributed by atoms with Crippen LogP contribution >= 0.6 is 11.3 Å². The second-order valence-electron chi connectivity index (χ2n) is 7.90. The Hall–Kier alpha value is -3.63. The minimum Gasteiger partial charge on any atom is -0.497 e. The predicted molar refractivity (Wildman–Crippen MR) is 137 cm³/mol. The van der Waals surface area contributed by atoms with Crippen LogP contribution in [0.5, 0.6) is 11.5 Å². The summed E-state index contributed by atoms with van der Waals surface area (Å²) in [6, 6.07) is 14.4. The van der Waals surface area contributed by atoms with Gasteiger partial charge in [-0.05, 0) is 29.1 Å². The van der Waals surface area contributed by atoms with E-state index >= 15 is 0 Å². The minimum atomic E-state index is -0.464. The van der Waals surface area contributed by atoms with E-state index in [9.17, 15) is 14.0 Å². The van der Waals surface area contributed by atoms with Crippen LogP contribution in [0.1, 0.15) is 10.4 Å². The molecule has 1 aromatic heterocycles. The van der Waals surface area contributed by atoms with Crippen LogP contribution in [0.4, 0.5) is 14.9 Å². The summed E-state index contributed by atoms with van der Waals surface area (Å²) in [5.41, 5.74) is 1.26. The number of methoxy groups -OCH3 is 3. The molecule has 2 aromatic carbocycles. The molecule has 0 atom stereocenters. The Balaban J connectivity index is 1.77. The molecule has 0 saturated carbocycles. The molecule has 1 heterocycles. The number of nitrogens with one attached hydrogen (secondary N) is 1. The van der Waals surface area contributed by atoms with Gasteiger partial charge in [0, 0.05) is 49.0 Å². The van der Waals surface area contributed by atoms with E-state index in [1.54, 1.807) is 35.2 Å². The van der Waals surface area contributed by atoms with Gasteiger partial charge in [0.25, 0.3) is 0 Å². The van der Waals surface area contributed by atoms with E-state index < -0.39 is 6.03 Å². The Labute approximate surface area is 214 Å². The number of hydrogen-bond acceptors (Lipinski definition) is 6. The van der Waals surface area contributed by atoms with Crippen LogP contribution in [-0.4, -0.2) is 62.8 Å². The van der Waals surface area contributed by atoms with Crippen LogP contribution in [-0.2, 0) is 22.6 Å². The number of thiophene rings is 1. The molecule has 0 fully saturated rings. The molecule has 0 bridgehead atoms. The largest absolute Gasteiger partial charge is 0.497 e.